The Balaban J connectivity index is 1.81. The van der Waals surface area contributed by atoms with Gasteiger partial charge in [0.05, 0.1) is 13.7 Å². The van der Waals surface area contributed by atoms with Gasteiger partial charge in [-0.05, 0) is 43.4 Å². The molecule has 1 aromatic carbocycles. The number of nitrogens with one attached hydrogen (secondary N) is 1. The number of hydrogen-bond donors (Lipinski definition) is 2. The number of aliphatic hydroxyl groups is 1. The minimum absolute atomic E-state index is 0.0254. The maximum atomic E-state index is 9.72. The molecule has 3 unspecified atom stereocenters. The predicted molar refractivity (Wildman–Crippen MR) is 81.8 cm³/mol. The number of hydrogen-bond acceptors (Lipinski definition) is 4. The summed E-state index contributed by atoms with van der Waals surface area (Å²) in [6.45, 7) is 1.06. The van der Waals surface area contributed by atoms with Crippen molar-refractivity contribution >= 4 is 0 Å². The van der Waals surface area contributed by atoms with Gasteiger partial charge in [0.2, 0.25) is 0 Å². The van der Waals surface area contributed by atoms with Crippen LogP contribution in [0.2, 0.25) is 0 Å². The zero-order valence-electron chi connectivity index (χ0n) is 12.8. The molecule has 0 amide bonds. The lowest BCUT2D eigenvalue weighted by atomic mass is 9.53. The van der Waals surface area contributed by atoms with Crippen molar-refractivity contribution in [1.29, 1.82) is 0 Å². The molecular weight excluding hydrogens is 278 g/mol. The van der Waals surface area contributed by atoms with Crippen molar-refractivity contribution < 1.29 is 14.6 Å². The summed E-state index contributed by atoms with van der Waals surface area (Å²) >= 11 is 0. The number of piperidine rings is 1. The number of aliphatic hydroxyl groups excluding tert-OH is 1. The summed E-state index contributed by atoms with van der Waals surface area (Å²) in [5, 5.41) is 13.4. The molecule has 2 bridgehead atoms. The van der Waals surface area contributed by atoms with Crippen LogP contribution in [0.3, 0.4) is 0 Å². The van der Waals surface area contributed by atoms with Crippen LogP contribution < -0.4 is 10.1 Å². The van der Waals surface area contributed by atoms with E-state index in [1.807, 2.05) is 6.07 Å². The number of allylic oxidation sites excluding steroid dienone is 1. The molecule has 1 fully saturated rings. The number of methoxy groups -OCH3 is 1. The molecule has 4 heteroatoms. The van der Waals surface area contributed by atoms with Gasteiger partial charge in [-0.2, -0.15) is 0 Å². The molecule has 5 rings (SSSR count). The molecule has 2 aliphatic heterocycles. The van der Waals surface area contributed by atoms with Gasteiger partial charge < -0.3 is 19.9 Å². The standard InChI is InChI=1S/C18H21NO3/c1-21-14-5-4-12-13-8-10-2-3-11(9-20)16-15(10)18(12,6-7-19-13)17(14)22-16/h2-3,5,12-13,17,19-20H,4,6-9H2,1H3/t12?,13?,17?,18-/m1/s1. The van der Waals surface area contributed by atoms with Gasteiger partial charge in [0.25, 0.3) is 0 Å². The van der Waals surface area contributed by atoms with E-state index in [0.717, 1.165) is 42.9 Å². The van der Waals surface area contributed by atoms with Crippen molar-refractivity contribution in [2.45, 2.75) is 43.4 Å². The fraction of sp³-hybridized carbons (Fsp3) is 0.556. The summed E-state index contributed by atoms with van der Waals surface area (Å²) in [6.07, 6.45) is 5.37. The minimum atomic E-state index is -0.0254. The number of benzene rings is 1. The lowest BCUT2D eigenvalue weighted by Crippen LogP contribution is -2.63. The van der Waals surface area contributed by atoms with Crippen LogP contribution in [0.25, 0.3) is 0 Å². The minimum Gasteiger partial charge on any atom is -0.497 e. The normalized spacial score (nSPS) is 37.2. The van der Waals surface area contributed by atoms with E-state index in [0.29, 0.717) is 12.0 Å². The maximum absolute atomic E-state index is 9.72. The molecule has 4 aliphatic rings. The first kappa shape index (κ1) is 13.0. The van der Waals surface area contributed by atoms with Crippen molar-refractivity contribution in [2.24, 2.45) is 5.92 Å². The molecule has 4 atom stereocenters. The smallest absolute Gasteiger partial charge is 0.165 e. The largest absolute Gasteiger partial charge is 0.497 e. The Hall–Kier alpha value is -1.52. The van der Waals surface area contributed by atoms with Crippen molar-refractivity contribution in [1.82, 2.24) is 5.32 Å². The molecule has 0 radical (unpaired) electrons. The molecule has 22 heavy (non-hydrogen) atoms. The van der Waals surface area contributed by atoms with E-state index >= 15 is 0 Å². The number of ether oxygens (including phenoxy) is 2. The van der Waals surface area contributed by atoms with Crippen molar-refractivity contribution in [3.63, 3.8) is 0 Å². The Labute approximate surface area is 130 Å². The average Bonchev–Trinajstić information content (AvgIpc) is 2.88. The number of rotatable bonds is 2. The van der Waals surface area contributed by atoms with E-state index < -0.39 is 0 Å². The lowest BCUT2D eigenvalue weighted by molar-refractivity contribution is 0.0183. The second-order valence-electron chi connectivity index (χ2n) is 6.95. The topological polar surface area (TPSA) is 50.7 Å². The first-order valence-corrected chi connectivity index (χ1v) is 8.19. The first-order chi connectivity index (χ1) is 10.8. The third-order valence-electron chi connectivity index (χ3n) is 6.26. The maximum Gasteiger partial charge on any atom is 0.165 e. The Kier molecular flexibility index (Phi) is 2.52. The van der Waals surface area contributed by atoms with Crippen molar-refractivity contribution in [2.75, 3.05) is 13.7 Å². The Morgan fingerprint density at radius 1 is 1.45 bits per heavy atom. The molecule has 0 aromatic heterocycles. The van der Waals surface area contributed by atoms with Gasteiger partial charge in [-0.1, -0.05) is 12.1 Å². The molecule has 1 spiro atoms. The monoisotopic (exact) mass is 299 g/mol. The highest BCUT2D eigenvalue weighted by Gasteiger charge is 2.63. The molecule has 116 valence electrons. The van der Waals surface area contributed by atoms with Crippen LogP contribution >= 0.6 is 0 Å². The summed E-state index contributed by atoms with van der Waals surface area (Å²) in [5.74, 6) is 2.46. The highest BCUT2D eigenvalue weighted by Crippen LogP contribution is 2.61. The first-order valence-electron chi connectivity index (χ1n) is 8.19. The van der Waals surface area contributed by atoms with Crippen LogP contribution in [-0.4, -0.2) is 30.9 Å². The summed E-state index contributed by atoms with van der Waals surface area (Å²) in [6, 6.07) is 4.74. The molecular formula is C18H21NO3. The van der Waals surface area contributed by atoms with Crippen LogP contribution in [0.1, 0.15) is 29.5 Å². The van der Waals surface area contributed by atoms with Gasteiger partial charge in [0.1, 0.15) is 11.5 Å². The third-order valence-corrected chi connectivity index (χ3v) is 6.26. The predicted octanol–water partition coefficient (Wildman–Crippen LogP) is 1.65. The average molecular weight is 299 g/mol. The van der Waals surface area contributed by atoms with Crippen LogP contribution in [0.4, 0.5) is 0 Å². The van der Waals surface area contributed by atoms with E-state index in [-0.39, 0.29) is 18.1 Å². The quantitative estimate of drug-likeness (QED) is 0.872. The highest BCUT2D eigenvalue weighted by molar-refractivity contribution is 5.59. The lowest BCUT2D eigenvalue weighted by Gasteiger charge is -2.54. The zero-order chi connectivity index (χ0) is 14.9. The van der Waals surface area contributed by atoms with Gasteiger partial charge >= 0.3 is 0 Å². The molecule has 0 saturated carbocycles. The molecule has 2 heterocycles. The van der Waals surface area contributed by atoms with Crippen LogP contribution in [-0.2, 0) is 23.2 Å². The van der Waals surface area contributed by atoms with Crippen molar-refractivity contribution in [3.8, 4) is 5.75 Å². The van der Waals surface area contributed by atoms with E-state index in [1.165, 1.54) is 11.1 Å². The van der Waals surface area contributed by atoms with E-state index in [9.17, 15) is 5.11 Å². The Morgan fingerprint density at radius 2 is 2.36 bits per heavy atom. The van der Waals surface area contributed by atoms with Gasteiger partial charge in [-0.3, -0.25) is 0 Å². The highest BCUT2D eigenvalue weighted by atomic mass is 16.5. The van der Waals surface area contributed by atoms with E-state index in [4.69, 9.17) is 9.47 Å². The SMILES string of the molecule is COC1=CCC2C3Cc4ccc(CO)c5c4[C@]2(CCN3)C1O5. The van der Waals surface area contributed by atoms with Gasteiger partial charge in [0, 0.05) is 22.6 Å². The fourth-order valence-corrected chi connectivity index (χ4v) is 5.43. The van der Waals surface area contributed by atoms with Crippen LogP contribution in [0.15, 0.2) is 24.0 Å². The van der Waals surface area contributed by atoms with Crippen LogP contribution in [0, 0.1) is 5.92 Å². The van der Waals surface area contributed by atoms with Gasteiger partial charge in [0.15, 0.2) is 6.10 Å². The molecule has 1 saturated heterocycles. The zero-order valence-corrected chi connectivity index (χ0v) is 12.8. The van der Waals surface area contributed by atoms with E-state index in [1.54, 1.807) is 7.11 Å². The van der Waals surface area contributed by atoms with Crippen molar-refractivity contribution in [3.05, 3.63) is 40.7 Å². The molecule has 2 N–H and O–H groups in total. The summed E-state index contributed by atoms with van der Waals surface area (Å²) in [5.41, 5.74) is 3.70. The van der Waals surface area contributed by atoms with Crippen LogP contribution in [0.5, 0.6) is 5.75 Å². The van der Waals surface area contributed by atoms with Gasteiger partial charge in [-0.15, -0.1) is 0 Å². The Morgan fingerprint density at radius 3 is 3.18 bits per heavy atom. The van der Waals surface area contributed by atoms with Gasteiger partial charge in [-0.25, -0.2) is 0 Å². The summed E-state index contributed by atoms with van der Waals surface area (Å²) < 4.78 is 12.1. The molecule has 1 aromatic rings. The van der Waals surface area contributed by atoms with E-state index in [2.05, 4.69) is 17.5 Å². The second kappa shape index (κ2) is 4.27. The fourth-order valence-electron chi connectivity index (χ4n) is 5.43. The summed E-state index contributed by atoms with van der Waals surface area (Å²) in [7, 11) is 1.74. The second-order valence-corrected chi connectivity index (χ2v) is 6.95. The summed E-state index contributed by atoms with van der Waals surface area (Å²) in [4.78, 5) is 0. The third kappa shape index (κ3) is 1.32. The Bertz CT molecular complexity index is 683. The molecule has 2 aliphatic carbocycles. The molecule has 4 nitrogen and oxygen atoms in total.